The van der Waals surface area contributed by atoms with E-state index in [9.17, 15) is 4.79 Å². The number of nitrogens with one attached hydrogen (secondary N) is 1. The van der Waals surface area contributed by atoms with Gasteiger partial charge in [-0.3, -0.25) is 4.79 Å². The molecule has 1 fully saturated rings. The third-order valence-corrected chi connectivity index (χ3v) is 3.97. The molecular formula is C14H15N3O2S. The van der Waals surface area contributed by atoms with Gasteiger partial charge < -0.3 is 9.73 Å². The van der Waals surface area contributed by atoms with Crippen molar-refractivity contribution in [2.75, 3.05) is 5.32 Å². The number of aromatic nitrogens is 2. The lowest BCUT2D eigenvalue weighted by Gasteiger charge is -2.09. The van der Waals surface area contributed by atoms with Crippen LogP contribution in [0.5, 0.6) is 0 Å². The van der Waals surface area contributed by atoms with Crippen molar-refractivity contribution in [3.63, 3.8) is 0 Å². The number of para-hydroxylation sites is 1. The first-order chi connectivity index (χ1) is 9.72. The van der Waals surface area contributed by atoms with Crippen LogP contribution < -0.4 is 5.32 Å². The van der Waals surface area contributed by atoms with Gasteiger partial charge in [0.25, 0.3) is 5.22 Å². The summed E-state index contributed by atoms with van der Waals surface area (Å²) in [4.78, 5) is 12.0. The Labute approximate surface area is 121 Å². The largest absolute Gasteiger partial charge is 0.416 e. The number of nitrogens with zero attached hydrogens (tertiary/aromatic N) is 2. The van der Waals surface area contributed by atoms with Crippen LogP contribution in [0.3, 0.4) is 0 Å². The van der Waals surface area contributed by atoms with Gasteiger partial charge in [-0.05, 0) is 31.9 Å². The van der Waals surface area contributed by atoms with Crippen molar-refractivity contribution in [3.05, 3.63) is 36.2 Å². The molecule has 1 aliphatic rings. The van der Waals surface area contributed by atoms with E-state index in [2.05, 4.69) is 15.5 Å². The number of hydrogen-bond donors (Lipinski definition) is 1. The predicted molar refractivity (Wildman–Crippen MR) is 76.7 cm³/mol. The number of carbonyl (C=O) groups is 1. The smallest absolute Gasteiger partial charge is 0.277 e. The molecule has 0 spiro atoms. The molecule has 0 radical (unpaired) electrons. The van der Waals surface area contributed by atoms with Gasteiger partial charge in [0, 0.05) is 11.6 Å². The molecule has 2 aromatic rings. The first-order valence-electron chi connectivity index (χ1n) is 6.58. The Kier molecular flexibility index (Phi) is 3.73. The lowest BCUT2D eigenvalue weighted by atomic mass is 10.3. The third-order valence-electron chi connectivity index (χ3n) is 3.04. The van der Waals surface area contributed by atoms with Gasteiger partial charge in [0.15, 0.2) is 0 Å². The van der Waals surface area contributed by atoms with Crippen molar-refractivity contribution < 1.29 is 9.21 Å². The Bertz CT molecular complexity index is 595. The zero-order valence-electron chi connectivity index (χ0n) is 11.1. The summed E-state index contributed by atoms with van der Waals surface area (Å²) >= 11 is 1.28. The van der Waals surface area contributed by atoms with Crippen LogP contribution in [0.2, 0.25) is 0 Å². The number of carbonyl (C=O) groups excluding carboxylic acids is 1. The molecule has 0 unspecified atom stereocenters. The minimum atomic E-state index is -0.289. The van der Waals surface area contributed by atoms with Gasteiger partial charge in [-0.2, -0.15) is 0 Å². The predicted octanol–water partition coefficient (Wildman–Crippen LogP) is 3.07. The highest BCUT2D eigenvalue weighted by molar-refractivity contribution is 8.00. The molecule has 1 saturated carbocycles. The highest BCUT2D eigenvalue weighted by atomic mass is 32.2. The molecular weight excluding hydrogens is 274 g/mol. The molecule has 1 aromatic carbocycles. The monoisotopic (exact) mass is 289 g/mol. The fourth-order valence-electron chi connectivity index (χ4n) is 1.73. The molecule has 1 heterocycles. The lowest BCUT2D eigenvalue weighted by Crippen LogP contribution is -2.22. The third kappa shape index (κ3) is 3.19. The van der Waals surface area contributed by atoms with E-state index in [4.69, 9.17) is 4.42 Å². The molecule has 6 heteroatoms. The van der Waals surface area contributed by atoms with E-state index in [1.54, 1.807) is 0 Å². The molecule has 0 saturated heterocycles. The molecule has 1 amide bonds. The highest BCUT2D eigenvalue weighted by Crippen LogP contribution is 2.40. The zero-order valence-corrected chi connectivity index (χ0v) is 11.9. The Morgan fingerprint density at radius 3 is 2.80 bits per heavy atom. The van der Waals surface area contributed by atoms with E-state index in [1.807, 2.05) is 37.3 Å². The van der Waals surface area contributed by atoms with E-state index in [0.717, 1.165) is 18.5 Å². The van der Waals surface area contributed by atoms with Crippen LogP contribution in [-0.2, 0) is 4.79 Å². The first-order valence-corrected chi connectivity index (χ1v) is 7.46. The standard InChI is InChI=1S/C14H15N3O2S/c1-9(12(18)15-11-5-3-2-4-6-11)20-14-17-16-13(19-14)10-7-8-10/h2-6,9-10H,7-8H2,1H3,(H,15,18)/t9-/m0/s1. The fourth-order valence-corrected chi connectivity index (χ4v) is 2.42. The van der Waals surface area contributed by atoms with Crippen LogP contribution in [0.1, 0.15) is 31.6 Å². The summed E-state index contributed by atoms with van der Waals surface area (Å²) in [6, 6.07) is 9.38. The second-order valence-corrected chi connectivity index (χ2v) is 6.09. The lowest BCUT2D eigenvalue weighted by molar-refractivity contribution is -0.115. The normalized spacial score (nSPS) is 15.8. The number of rotatable bonds is 5. The molecule has 20 heavy (non-hydrogen) atoms. The molecule has 0 bridgehead atoms. The van der Waals surface area contributed by atoms with Crippen LogP contribution in [0, 0.1) is 0 Å². The van der Waals surface area contributed by atoms with Crippen LogP contribution in [-0.4, -0.2) is 21.4 Å². The molecule has 104 valence electrons. The first kappa shape index (κ1) is 13.2. The summed E-state index contributed by atoms with van der Waals surface area (Å²) in [5, 5.41) is 11.0. The van der Waals surface area contributed by atoms with Crippen LogP contribution in [0.15, 0.2) is 40.0 Å². The summed E-state index contributed by atoms with van der Waals surface area (Å²) in [5.41, 5.74) is 0.786. The van der Waals surface area contributed by atoms with Gasteiger partial charge in [0.2, 0.25) is 11.8 Å². The quantitative estimate of drug-likeness (QED) is 0.857. The number of thioether (sulfide) groups is 1. The van der Waals surface area contributed by atoms with Crippen LogP contribution in [0.25, 0.3) is 0 Å². The van der Waals surface area contributed by atoms with Gasteiger partial charge in [0.1, 0.15) is 0 Å². The highest BCUT2D eigenvalue weighted by Gasteiger charge is 2.30. The maximum absolute atomic E-state index is 12.0. The summed E-state index contributed by atoms with van der Waals surface area (Å²) in [5.74, 6) is 1.06. The average molecular weight is 289 g/mol. The number of benzene rings is 1. The zero-order chi connectivity index (χ0) is 13.9. The molecule has 1 atom stereocenters. The van der Waals surface area contributed by atoms with E-state index < -0.39 is 0 Å². The van der Waals surface area contributed by atoms with Gasteiger partial charge in [-0.25, -0.2) is 0 Å². The maximum atomic E-state index is 12.0. The van der Waals surface area contributed by atoms with Crippen molar-refractivity contribution in [1.29, 1.82) is 0 Å². The van der Waals surface area contributed by atoms with Gasteiger partial charge in [0.05, 0.1) is 5.25 Å². The Morgan fingerprint density at radius 1 is 1.35 bits per heavy atom. The molecule has 1 N–H and O–H groups in total. The van der Waals surface area contributed by atoms with Gasteiger partial charge >= 0.3 is 0 Å². The van der Waals surface area contributed by atoms with Gasteiger partial charge in [-0.15, -0.1) is 10.2 Å². The van der Waals surface area contributed by atoms with Crippen molar-refractivity contribution >= 4 is 23.4 Å². The molecule has 0 aliphatic heterocycles. The molecule has 1 aliphatic carbocycles. The summed E-state index contributed by atoms with van der Waals surface area (Å²) in [6.45, 7) is 1.82. The number of hydrogen-bond acceptors (Lipinski definition) is 5. The van der Waals surface area contributed by atoms with Crippen molar-refractivity contribution in [1.82, 2.24) is 10.2 Å². The Hall–Kier alpha value is -1.82. The van der Waals surface area contributed by atoms with Gasteiger partial charge in [-0.1, -0.05) is 30.0 Å². The molecule has 1 aromatic heterocycles. The fraction of sp³-hybridized carbons (Fsp3) is 0.357. The molecule has 5 nitrogen and oxygen atoms in total. The maximum Gasteiger partial charge on any atom is 0.277 e. The van der Waals surface area contributed by atoms with E-state index in [0.29, 0.717) is 17.0 Å². The van der Waals surface area contributed by atoms with E-state index in [-0.39, 0.29) is 11.2 Å². The van der Waals surface area contributed by atoms with Crippen molar-refractivity contribution in [3.8, 4) is 0 Å². The van der Waals surface area contributed by atoms with Crippen LogP contribution >= 0.6 is 11.8 Å². The van der Waals surface area contributed by atoms with E-state index in [1.165, 1.54) is 11.8 Å². The minimum Gasteiger partial charge on any atom is -0.416 e. The summed E-state index contributed by atoms with van der Waals surface area (Å²) in [6.07, 6.45) is 2.24. The van der Waals surface area contributed by atoms with Crippen LogP contribution in [0.4, 0.5) is 5.69 Å². The second kappa shape index (κ2) is 5.66. The Balaban J connectivity index is 1.57. The SMILES string of the molecule is C[C@H](Sc1nnc(C2CC2)o1)C(=O)Nc1ccccc1. The summed E-state index contributed by atoms with van der Waals surface area (Å²) < 4.78 is 5.54. The Morgan fingerprint density at radius 2 is 2.10 bits per heavy atom. The molecule has 3 rings (SSSR count). The minimum absolute atomic E-state index is 0.0765. The second-order valence-electron chi connectivity index (χ2n) is 4.80. The summed E-state index contributed by atoms with van der Waals surface area (Å²) in [7, 11) is 0. The topological polar surface area (TPSA) is 68.0 Å². The average Bonchev–Trinajstić information content (AvgIpc) is 3.20. The van der Waals surface area contributed by atoms with Crippen molar-refractivity contribution in [2.24, 2.45) is 0 Å². The number of anilines is 1. The van der Waals surface area contributed by atoms with Crippen molar-refractivity contribution in [2.45, 2.75) is 36.2 Å². The number of amides is 1. The van der Waals surface area contributed by atoms with E-state index >= 15 is 0 Å².